The molecule has 5 heteroatoms. The van der Waals surface area contributed by atoms with Gasteiger partial charge in [-0.05, 0) is 38.0 Å². The second-order valence-corrected chi connectivity index (χ2v) is 6.20. The predicted molar refractivity (Wildman–Crippen MR) is 97.3 cm³/mol. The molecule has 0 unspecified atom stereocenters. The van der Waals surface area contributed by atoms with E-state index in [1.54, 1.807) is 0 Å². The van der Waals surface area contributed by atoms with Crippen molar-refractivity contribution in [2.75, 3.05) is 5.32 Å². The van der Waals surface area contributed by atoms with Crippen LogP contribution in [0.4, 0.5) is 5.69 Å². The fourth-order valence-electron chi connectivity index (χ4n) is 2.69. The van der Waals surface area contributed by atoms with Crippen LogP contribution in [-0.2, 0) is 11.2 Å². The van der Waals surface area contributed by atoms with E-state index in [1.165, 1.54) is 0 Å². The monoisotopic (exact) mass is 335 g/mol. The van der Waals surface area contributed by atoms with E-state index in [9.17, 15) is 4.79 Å². The van der Waals surface area contributed by atoms with Crippen molar-refractivity contribution < 1.29 is 9.32 Å². The molecule has 3 rings (SSSR count). The lowest BCUT2D eigenvalue weighted by Gasteiger charge is -2.10. The fourth-order valence-corrected chi connectivity index (χ4v) is 2.69. The van der Waals surface area contributed by atoms with Gasteiger partial charge in [-0.15, -0.1) is 0 Å². The zero-order chi connectivity index (χ0) is 17.8. The van der Waals surface area contributed by atoms with Crippen LogP contribution in [0.3, 0.4) is 0 Å². The maximum atomic E-state index is 12.2. The second-order valence-electron chi connectivity index (χ2n) is 6.20. The molecule has 0 saturated carbocycles. The Morgan fingerprint density at radius 1 is 1.08 bits per heavy atom. The fraction of sp³-hybridized carbons (Fsp3) is 0.250. The molecule has 0 aliphatic heterocycles. The van der Waals surface area contributed by atoms with Gasteiger partial charge in [0.1, 0.15) is 0 Å². The summed E-state index contributed by atoms with van der Waals surface area (Å²) in [4.78, 5) is 16.6. The summed E-state index contributed by atoms with van der Waals surface area (Å²) in [6.07, 6.45) is 0.707. The number of nitrogens with zero attached hydrogens (tertiary/aromatic N) is 2. The Morgan fingerprint density at radius 3 is 2.52 bits per heavy atom. The third-order valence-corrected chi connectivity index (χ3v) is 4.06. The first-order valence-corrected chi connectivity index (χ1v) is 8.28. The van der Waals surface area contributed by atoms with Crippen LogP contribution in [0.5, 0.6) is 0 Å². The standard InChI is InChI=1S/C20H21N3O2/c1-13-6-4-9-16(12-13)20-22-18(25-23-20)11-10-17(24)21-19-14(2)7-5-8-15(19)3/h4-9,12H,10-11H2,1-3H3,(H,21,24). The van der Waals surface area contributed by atoms with Crippen LogP contribution in [0.2, 0.25) is 0 Å². The molecule has 25 heavy (non-hydrogen) atoms. The van der Waals surface area contributed by atoms with Crippen molar-refractivity contribution in [1.29, 1.82) is 0 Å². The molecule has 3 aromatic rings. The van der Waals surface area contributed by atoms with Gasteiger partial charge in [0.15, 0.2) is 0 Å². The molecule has 0 fully saturated rings. The van der Waals surface area contributed by atoms with Gasteiger partial charge >= 0.3 is 0 Å². The van der Waals surface area contributed by atoms with Gasteiger partial charge in [-0.3, -0.25) is 4.79 Å². The summed E-state index contributed by atoms with van der Waals surface area (Å²) in [5.41, 5.74) is 5.02. The highest BCUT2D eigenvalue weighted by Gasteiger charge is 2.12. The zero-order valence-corrected chi connectivity index (χ0v) is 14.7. The number of nitrogens with one attached hydrogen (secondary N) is 1. The van der Waals surface area contributed by atoms with Crippen LogP contribution < -0.4 is 5.32 Å². The van der Waals surface area contributed by atoms with E-state index in [1.807, 2.05) is 63.2 Å². The summed E-state index contributed by atoms with van der Waals surface area (Å²) in [7, 11) is 0. The highest BCUT2D eigenvalue weighted by atomic mass is 16.5. The molecule has 1 N–H and O–H groups in total. The summed E-state index contributed by atoms with van der Waals surface area (Å²) in [6, 6.07) is 13.9. The van der Waals surface area contributed by atoms with Crippen molar-refractivity contribution in [2.45, 2.75) is 33.6 Å². The molecule has 0 radical (unpaired) electrons. The number of amides is 1. The molecule has 0 atom stereocenters. The number of carbonyl (C=O) groups excluding carboxylic acids is 1. The molecule has 0 spiro atoms. The van der Waals surface area contributed by atoms with E-state index in [0.29, 0.717) is 24.6 Å². The summed E-state index contributed by atoms with van der Waals surface area (Å²) in [6.45, 7) is 5.98. The van der Waals surface area contributed by atoms with E-state index in [2.05, 4.69) is 15.5 Å². The molecular weight excluding hydrogens is 314 g/mol. The average Bonchev–Trinajstić information content (AvgIpc) is 3.06. The Labute approximate surface area is 147 Å². The van der Waals surface area contributed by atoms with E-state index in [-0.39, 0.29) is 5.91 Å². The highest BCUT2D eigenvalue weighted by Crippen LogP contribution is 2.20. The van der Waals surface area contributed by atoms with Crippen LogP contribution in [0, 0.1) is 20.8 Å². The Morgan fingerprint density at radius 2 is 1.80 bits per heavy atom. The van der Waals surface area contributed by atoms with Crippen LogP contribution in [-0.4, -0.2) is 16.0 Å². The van der Waals surface area contributed by atoms with Gasteiger partial charge in [-0.25, -0.2) is 0 Å². The van der Waals surface area contributed by atoms with Crippen LogP contribution in [0.1, 0.15) is 29.0 Å². The Hall–Kier alpha value is -2.95. The second kappa shape index (κ2) is 7.30. The first-order chi connectivity index (χ1) is 12.0. The van der Waals surface area contributed by atoms with Gasteiger partial charge in [0.05, 0.1) is 0 Å². The Balaban J connectivity index is 1.61. The number of anilines is 1. The number of benzene rings is 2. The third kappa shape index (κ3) is 4.12. The number of rotatable bonds is 5. The zero-order valence-electron chi connectivity index (χ0n) is 14.7. The third-order valence-electron chi connectivity index (χ3n) is 4.06. The molecule has 128 valence electrons. The van der Waals surface area contributed by atoms with Crippen LogP contribution in [0.25, 0.3) is 11.4 Å². The van der Waals surface area contributed by atoms with E-state index < -0.39 is 0 Å². The van der Waals surface area contributed by atoms with Gasteiger partial charge in [0.25, 0.3) is 0 Å². The van der Waals surface area contributed by atoms with Crippen molar-refractivity contribution in [1.82, 2.24) is 10.1 Å². The van der Waals surface area contributed by atoms with Gasteiger partial charge in [-0.2, -0.15) is 4.98 Å². The van der Waals surface area contributed by atoms with Gasteiger partial charge < -0.3 is 9.84 Å². The highest BCUT2D eigenvalue weighted by molar-refractivity contribution is 5.92. The molecule has 5 nitrogen and oxygen atoms in total. The number of aryl methyl sites for hydroxylation is 4. The largest absolute Gasteiger partial charge is 0.339 e. The number of aromatic nitrogens is 2. The van der Waals surface area contributed by atoms with Crippen molar-refractivity contribution in [3.05, 3.63) is 65.0 Å². The van der Waals surface area contributed by atoms with E-state index in [0.717, 1.165) is 27.9 Å². The Bertz CT molecular complexity index is 879. The first-order valence-electron chi connectivity index (χ1n) is 8.28. The molecule has 0 bridgehead atoms. The lowest BCUT2D eigenvalue weighted by atomic mass is 10.1. The van der Waals surface area contributed by atoms with Crippen molar-refractivity contribution in [3.63, 3.8) is 0 Å². The predicted octanol–water partition coefficient (Wildman–Crippen LogP) is 4.23. The average molecular weight is 335 g/mol. The number of para-hydroxylation sites is 1. The molecule has 0 saturated heterocycles. The van der Waals surface area contributed by atoms with Crippen molar-refractivity contribution in [2.24, 2.45) is 0 Å². The van der Waals surface area contributed by atoms with Crippen LogP contribution >= 0.6 is 0 Å². The maximum Gasteiger partial charge on any atom is 0.227 e. The number of hydrogen-bond acceptors (Lipinski definition) is 4. The number of hydrogen-bond donors (Lipinski definition) is 1. The normalized spacial score (nSPS) is 10.7. The topological polar surface area (TPSA) is 68.0 Å². The summed E-state index contributed by atoms with van der Waals surface area (Å²) in [5, 5.41) is 6.97. The summed E-state index contributed by atoms with van der Waals surface area (Å²) < 4.78 is 5.27. The first kappa shape index (κ1) is 16.9. The SMILES string of the molecule is Cc1cccc(-c2noc(CCC(=O)Nc3c(C)cccc3C)n2)c1. The quantitative estimate of drug-likeness (QED) is 0.757. The van der Waals surface area contributed by atoms with Crippen molar-refractivity contribution >= 4 is 11.6 Å². The van der Waals surface area contributed by atoms with Crippen LogP contribution in [0.15, 0.2) is 47.0 Å². The van der Waals surface area contributed by atoms with Gasteiger partial charge in [0.2, 0.25) is 17.6 Å². The van der Waals surface area contributed by atoms with Gasteiger partial charge in [0, 0.05) is 24.1 Å². The summed E-state index contributed by atoms with van der Waals surface area (Å²) >= 11 is 0. The molecule has 1 heterocycles. The number of carbonyl (C=O) groups is 1. The van der Waals surface area contributed by atoms with Gasteiger partial charge in [-0.1, -0.05) is 47.1 Å². The summed E-state index contributed by atoms with van der Waals surface area (Å²) in [5.74, 6) is 0.953. The molecule has 0 aliphatic rings. The minimum absolute atomic E-state index is 0.0623. The smallest absolute Gasteiger partial charge is 0.227 e. The lowest BCUT2D eigenvalue weighted by Crippen LogP contribution is -2.14. The minimum Gasteiger partial charge on any atom is -0.339 e. The maximum absolute atomic E-state index is 12.2. The molecule has 1 aromatic heterocycles. The van der Waals surface area contributed by atoms with Crippen molar-refractivity contribution in [3.8, 4) is 11.4 Å². The molecule has 2 aromatic carbocycles. The Kier molecular flexibility index (Phi) is 4.93. The molecule has 0 aliphatic carbocycles. The minimum atomic E-state index is -0.0623. The molecular formula is C20H21N3O2. The molecule has 1 amide bonds. The van der Waals surface area contributed by atoms with E-state index in [4.69, 9.17) is 4.52 Å². The van der Waals surface area contributed by atoms with E-state index >= 15 is 0 Å². The lowest BCUT2D eigenvalue weighted by molar-refractivity contribution is -0.116.